The molecule has 2 rings (SSSR count). The van der Waals surface area contributed by atoms with E-state index in [2.05, 4.69) is 18.3 Å². The lowest BCUT2D eigenvalue weighted by atomic mass is 9.96. The highest BCUT2D eigenvalue weighted by molar-refractivity contribution is 6.31. The van der Waals surface area contributed by atoms with Crippen molar-refractivity contribution in [1.82, 2.24) is 5.32 Å². The maximum atomic E-state index is 6.07. The molecule has 2 heteroatoms. The molecule has 0 unspecified atom stereocenters. The van der Waals surface area contributed by atoms with Crippen LogP contribution in [-0.4, -0.2) is 6.54 Å². The van der Waals surface area contributed by atoms with Crippen molar-refractivity contribution >= 4 is 11.6 Å². The highest BCUT2D eigenvalue weighted by Crippen LogP contribution is 2.25. The molecule has 0 radical (unpaired) electrons. The zero-order valence-corrected chi connectivity index (χ0v) is 7.91. The van der Waals surface area contributed by atoms with E-state index in [4.69, 9.17) is 11.6 Å². The molecule has 0 aliphatic carbocycles. The summed E-state index contributed by atoms with van der Waals surface area (Å²) in [7, 11) is 0. The van der Waals surface area contributed by atoms with Crippen molar-refractivity contribution in [3.8, 4) is 0 Å². The maximum absolute atomic E-state index is 6.07. The molecular formula is C10H12ClN. The molecule has 0 fully saturated rings. The molecule has 0 saturated heterocycles. The lowest BCUT2D eigenvalue weighted by molar-refractivity contribution is 0.641. The summed E-state index contributed by atoms with van der Waals surface area (Å²) in [6.45, 7) is 4.16. The van der Waals surface area contributed by atoms with Crippen molar-refractivity contribution in [3.05, 3.63) is 33.8 Å². The highest BCUT2D eigenvalue weighted by atomic mass is 35.5. The number of halogens is 1. The van der Waals surface area contributed by atoms with Crippen molar-refractivity contribution in [2.24, 2.45) is 0 Å². The zero-order chi connectivity index (χ0) is 8.55. The first-order valence-corrected chi connectivity index (χ1v) is 4.64. The van der Waals surface area contributed by atoms with Crippen LogP contribution in [0.25, 0.3) is 0 Å². The van der Waals surface area contributed by atoms with E-state index in [9.17, 15) is 0 Å². The number of hydrogen-bond acceptors (Lipinski definition) is 1. The molecule has 0 spiro atoms. The van der Waals surface area contributed by atoms with Crippen LogP contribution in [0.3, 0.4) is 0 Å². The first kappa shape index (κ1) is 8.09. The third-order valence-corrected chi connectivity index (χ3v) is 2.82. The van der Waals surface area contributed by atoms with E-state index in [1.807, 2.05) is 6.07 Å². The maximum Gasteiger partial charge on any atom is 0.0453 e. The second-order valence-electron chi connectivity index (χ2n) is 3.25. The highest BCUT2D eigenvalue weighted by Gasteiger charge is 2.13. The minimum atomic E-state index is 0.905. The normalized spacial score (nSPS) is 15.8. The minimum Gasteiger partial charge on any atom is -0.312 e. The molecule has 1 aromatic rings. The van der Waals surface area contributed by atoms with Gasteiger partial charge in [0.25, 0.3) is 0 Å². The lowest BCUT2D eigenvalue weighted by Crippen LogP contribution is -2.24. The van der Waals surface area contributed by atoms with Gasteiger partial charge in [0.2, 0.25) is 0 Å². The van der Waals surface area contributed by atoms with Crippen LogP contribution >= 0.6 is 11.6 Å². The average molecular weight is 182 g/mol. The molecule has 12 heavy (non-hydrogen) atoms. The third-order valence-electron chi connectivity index (χ3n) is 2.46. The molecule has 0 aromatic heterocycles. The van der Waals surface area contributed by atoms with E-state index in [-0.39, 0.29) is 0 Å². The number of aryl methyl sites for hydroxylation is 1. The Bertz CT molecular complexity index is 276. The first-order valence-electron chi connectivity index (χ1n) is 4.26. The zero-order valence-electron chi connectivity index (χ0n) is 7.15. The summed E-state index contributed by atoms with van der Waals surface area (Å²) >= 11 is 6.07. The minimum absolute atomic E-state index is 0.905. The van der Waals surface area contributed by atoms with Crippen molar-refractivity contribution in [2.75, 3.05) is 6.54 Å². The number of nitrogens with one attached hydrogen (secondary N) is 1. The molecule has 0 bridgehead atoms. The summed E-state index contributed by atoms with van der Waals surface area (Å²) in [5.41, 5.74) is 4.11. The quantitative estimate of drug-likeness (QED) is 0.648. The van der Waals surface area contributed by atoms with E-state index in [1.54, 1.807) is 0 Å². The first-order chi connectivity index (χ1) is 5.79. The standard InChI is InChI=1S/C10H12ClN/c1-7-2-3-10(11)9-6-12-5-4-8(7)9/h2-3,12H,4-6H2,1H3. The van der Waals surface area contributed by atoms with E-state index in [0.29, 0.717) is 0 Å². The summed E-state index contributed by atoms with van der Waals surface area (Å²) in [6, 6.07) is 4.09. The fraction of sp³-hybridized carbons (Fsp3) is 0.400. The number of fused-ring (bicyclic) bond motifs is 1. The van der Waals surface area contributed by atoms with Gasteiger partial charge in [0.1, 0.15) is 0 Å². The van der Waals surface area contributed by atoms with Crippen LogP contribution in [0.15, 0.2) is 12.1 Å². The van der Waals surface area contributed by atoms with E-state index in [0.717, 1.165) is 24.5 Å². The van der Waals surface area contributed by atoms with Gasteiger partial charge in [-0.15, -0.1) is 0 Å². The average Bonchev–Trinajstić information content (AvgIpc) is 2.12. The molecular weight excluding hydrogens is 170 g/mol. The van der Waals surface area contributed by atoms with Crippen LogP contribution in [0.5, 0.6) is 0 Å². The molecule has 1 aliphatic rings. The summed E-state index contributed by atoms with van der Waals surface area (Å²) < 4.78 is 0. The Balaban J connectivity index is 2.57. The van der Waals surface area contributed by atoms with E-state index in [1.165, 1.54) is 16.7 Å². The number of benzene rings is 1. The Morgan fingerprint density at radius 3 is 2.92 bits per heavy atom. The van der Waals surface area contributed by atoms with Gasteiger partial charge in [0.15, 0.2) is 0 Å². The fourth-order valence-electron chi connectivity index (χ4n) is 1.75. The summed E-state index contributed by atoms with van der Waals surface area (Å²) in [6.07, 6.45) is 1.11. The van der Waals surface area contributed by atoms with Crippen LogP contribution in [0.1, 0.15) is 16.7 Å². The van der Waals surface area contributed by atoms with Gasteiger partial charge in [0.05, 0.1) is 0 Å². The van der Waals surface area contributed by atoms with Crippen LogP contribution in [0, 0.1) is 6.92 Å². The molecule has 1 aliphatic heterocycles. The van der Waals surface area contributed by atoms with Gasteiger partial charge in [-0.2, -0.15) is 0 Å². The fourth-order valence-corrected chi connectivity index (χ4v) is 1.99. The van der Waals surface area contributed by atoms with Crippen LogP contribution in [-0.2, 0) is 13.0 Å². The second kappa shape index (κ2) is 3.08. The van der Waals surface area contributed by atoms with Crippen LogP contribution in [0.2, 0.25) is 5.02 Å². The van der Waals surface area contributed by atoms with Gasteiger partial charge in [-0.05, 0) is 42.6 Å². The Hall–Kier alpha value is -0.530. The molecule has 64 valence electrons. The van der Waals surface area contributed by atoms with Crippen molar-refractivity contribution in [3.63, 3.8) is 0 Å². The monoisotopic (exact) mass is 181 g/mol. The SMILES string of the molecule is Cc1ccc(Cl)c2c1CCNC2. The molecule has 1 nitrogen and oxygen atoms in total. The number of hydrogen-bond donors (Lipinski definition) is 1. The smallest absolute Gasteiger partial charge is 0.0453 e. The van der Waals surface area contributed by atoms with Crippen LogP contribution < -0.4 is 5.32 Å². The van der Waals surface area contributed by atoms with Gasteiger partial charge >= 0.3 is 0 Å². The molecule has 1 aromatic carbocycles. The Labute approximate surface area is 77.7 Å². The van der Waals surface area contributed by atoms with E-state index < -0.39 is 0 Å². The molecule has 1 heterocycles. The van der Waals surface area contributed by atoms with Gasteiger partial charge in [0, 0.05) is 11.6 Å². The second-order valence-corrected chi connectivity index (χ2v) is 3.66. The predicted octanol–water partition coefficient (Wildman–Crippen LogP) is 2.29. The van der Waals surface area contributed by atoms with Gasteiger partial charge in [-0.1, -0.05) is 17.7 Å². The van der Waals surface area contributed by atoms with Crippen molar-refractivity contribution < 1.29 is 0 Å². The van der Waals surface area contributed by atoms with Crippen molar-refractivity contribution in [1.29, 1.82) is 0 Å². The summed E-state index contributed by atoms with van der Waals surface area (Å²) in [5.74, 6) is 0. The van der Waals surface area contributed by atoms with Gasteiger partial charge in [-0.3, -0.25) is 0 Å². The Morgan fingerprint density at radius 1 is 1.33 bits per heavy atom. The third kappa shape index (κ3) is 1.23. The topological polar surface area (TPSA) is 12.0 Å². The Morgan fingerprint density at radius 2 is 2.17 bits per heavy atom. The summed E-state index contributed by atoms with van der Waals surface area (Å²) in [5, 5.41) is 4.23. The number of rotatable bonds is 0. The summed E-state index contributed by atoms with van der Waals surface area (Å²) in [4.78, 5) is 0. The Kier molecular flexibility index (Phi) is 2.07. The van der Waals surface area contributed by atoms with Gasteiger partial charge in [-0.25, -0.2) is 0 Å². The van der Waals surface area contributed by atoms with E-state index >= 15 is 0 Å². The van der Waals surface area contributed by atoms with Gasteiger partial charge < -0.3 is 5.32 Å². The molecule has 0 amide bonds. The molecule has 0 atom stereocenters. The lowest BCUT2D eigenvalue weighted by Gasteiger charge is -2.20. The van der Waals surface area contributed by atoms with Crippen molar-refractivity contribution in [2.45, 2.75) is 19.9 Å². The molecule has 0 saturated carbocycles. The largest absolute Gasteiger partial charge is 0.312 e. The predicted molar refractivity (Wildman–Crippen MR) is 51.6 cm³/mol. The van der Waals surface area contributed by atoms with Crippen LogP contribution in [0.4, 0.5) is 0 Å². The molecule has 1 N–H and O–H groups in total.